The van der Waals surface area contributed by atoms with Crippen molar-refractivity contribution in [2.45, 2.75) is 32.8 Å². The summed E-state index contributed by atoms with van der Waals surface area (Å²) >= 11 is 0. The molecule has 0 atom stereocenters. The molecule has 0 aliphatic carbocycles. The van der Waals surface area contributed by atoms with Crippen LogP contribution in [0, 0.1) is 0 Å². The van der Waals surface area contributed by atoms with Crippen LogP contribution in [0.5, 0.6) is 5.75 Å². The molecule has 17 heavy (non-hydrogen) atoms. The number of hydrogen-bond acceptors (Lipinski definition) is 4. The van der Waals surface area contributed by atoms with Gasteiger partial charge in [-0.1, -0.05) is 24.2 Å². The summed E-state index contributed by atoms with van der Waals surface area (Å²) in [6.07, 6.45) is 0.611. The maximum Gasteiger partial charge on any atom is 0.128 e. The van der Waals surface area contributed by atoms with E-state index in [9.17, 15) is 5.11 Å². The number of nitrogens with zero attached hydrogens (tertiary/aromatic N) is 1. The number of aliphatic hydroxyl groups is 1. The first-order valence-corrected chi connectivity index (χ1v) is 5.63. The molecule has 4 heteroatoms. The Hall–Kier alpha value is -1.55. The van der Waals surface area contributed by atoms with Crippen molar-refractivity contribution < 1.29 is 15.1 Å². The second-order valence-electron chi connectivity index (χ2n) is 4.50. The maximum atomic E-state index is 9.62. The van der Waals surface area contributed by atoms with Gasteiger partial charge in [0, 0.05) is 5.56 Å². The average Bonchev–Trinajstić information content (AvgIpc) is 2.28. The molecule has 0 aliphatic rings. The molecule has 0 aromatic heterocycles. The maximum absolute atomic E-state index is 9.62. The molecule has 0 spiro atoms. The number of benzene rings is 1. The number of ether oxygens (including phenoxy) is 1. The van der Waals surface area contributed by atoms with Crippen LogP contribution in [0.2, 0.25) is 0 Å². The van der Waals surface area contributed by atoms with Crippen molar-refractivity contribution in [1.29, 1.82) is 0 Å². The van der Waals surface area contributed by atoms with Gasteiger partial charge in [-0.2, -0.15) is 0 Å². The summed E-state index contributed by atoms with van der Waals surface area (Å²) in [5, 5.41) is 21.8. The Morgan fingerprint density at radius 1 is 1.35 bits per heavy atom. The van der Waals surface area contributed by atoms with Gasteiger partial charge in [0.25, 0.3) is 0 Å². The molecular formula is C13H19NO3. The lowest BCUT2D eigenvalue weighted by Gasteiger charge is -2.19. The third-order valence-corrected chi connectivity index (χ3v) is 2.23. The van der Waals surface area contributed by atoms with Gasteiger partial charge in [-0.15, -0.1) is 0 Å². The minimum absolute atomic E-state index is 0.187. The normalized spacial score (nSPS) is 12.6. The van der Waals surface area contributed by atoms with Gasteiger partial charge in [0.15, 0.2) is 0 Å². The van der Waals surface area contributed by atoms with Crippen molar-refractivity contribution >= 4 is 5.71 Å². The summed E-state index contributed by atoms with van der Waals surface area (Å²) in [5.41, 5.74) is 0.425. The Labute approximate surface area is 102 Å². The summed E-state index contributed by atoms with van der Waals surface area (Å²) in [6, 6.07) is 7.32. The lowest BCUT2D eigenvalue weighted by atomic mass is 10.1. The predicted octanol–water partition coefficient (Wildman–Crippen LogP) is 2.42. The second-order valence-corrected chi connectivity index (χ2v) is 4.50. The molecule has 0 heterocycles. The average molecular weight is 237 g/mol. The summed E-state index contributed by atoms with van der Waals surface area (Å²) in [6.45, 7) is 5.45. The van der Waals surface area contributed by atoms with E-state index < -0.39 is 5.60 Å². The summed E-state index contributed by atoms with van der Waals surface area (Å²) in [7, 11) is 0. The predicted molar refractivity (Wildman–Crippen MR) is 66.8 cm³/mol. The molecule has 0 saturated heterocycles. The Kier molecular flexibility index (Phi) is 4.52. The quantitative estimate of drug-likeness (QED) is 0.469. The molecule has 1 aromatic carbocycles. The summed E-state index contributed by atoms with van der Waals surface area (Å²) in [5.74, 6) is 0.615. The van der Waals surface area contributed by atoms with E-state index in [2.05, 4.69) is 5.16 Å². The van der Waals surface area contributed by atoms with Crippen molar-refractivity contribution in [1.82, 2.24) is 0 Å². The standard InChI is InChI=1S/C13H19NO3/c1-4-11(14-16)10-7-5-6-8-12(10)17-9-13(2,3)15/h5-8,15-16H,4,9H2,1-3H3/b14-11+. The van der Waals surface area contributed by atoms with Crippen molar-refractivity contribution in [3.8, 4) is 5.75 Å². The number of oxime groups is 1. The lowest BCUT2D eigenvalue weighted by Crippen LogP contribution is -2.28. The van der Waals surface area contributed by atoms with E-state index >= 15 is 0 Å². The molecule has 1 rings (SSSR count). The van der Waals surface area contributed by atoms with Gasteiger partial charge in [-0.25, -0.2) is 0 Å². The van der Waals surface area contributed by atoms with E-state index in [1.54, 1.807) is 19.9 Å². The number of para-hydroxylation sites is 1. The molecule has 1 aromatic rings. The molecule has 0 saturated carbocycles. The fourth-order valence-corrected chi connectivity index (χ4v) is 1.40. The highest BCUT2D eigenvalue weighted by Gasteiger charge is 2.15. The summed E-state index contributed by atoms with van der Waals surface area (Å²) in [4.78, 5) is 0. The Morgan fingerprint density at radius 3 is 2.53 bits per heavy atom. The van der Waals surface area contributed by atoms with Crippen molar-refractivity contribution in [3.05, 3.63) is 29.8 Å². The molecule has 0 radical (unpaired) electrons. The highest BCUT2D eigenvalue weighted by Crippen LogP contribution is 2.21. The first-order chi connectivity index (χ1) is 7.98. The summed E-state index contributed by atoms with van der Waals surface area (Å²) < 4.78 is 5.54. The topological polar surface area (TPSA) is 62.1 Å². The monoisotopic (exact) mass is 237 g/mol. The van der Waals surface area contributed by atoms with Crippen LogP contribution >= 0.6 is 0 Å². The van der Waals surface area contributed by atoms with Gasteiger partial charge < -0.3 is 15.1 Å². The SMILES string of the molecule is CC/C(=N\O)c1ccccc1OCC(C)(C)O. The molecular weight excluding hydrogens is 218 g/mol. The Bertz CT molecular complexity index is 394. The van der Waals surface area contributed by atoms with Gasteiger partial charge in [0.1, 0.15) is 12.4 Å². The third-order valence-electron chi connectivity index (χ3n) is 2.23. The van der Waals surface area contributed by atoms with E-state index in [0.717, 1.165) is 5.56 Å². The minimum atomic E-state index is -0.893. The zero-order valence-corrected chi connectivity index (χ0v) is 10.5. The molecule has 0 bridgehead atoms. The van der Waals surface area contributed by atoms with Gasteiger partial charge in [-0.3, -0.25) is 0 Å². The van der Waals surface area contributed by atoms with Crippen LogP contribution < -0.4 is 4.74 Å². The highest BCUT2D eigenvalue weighted by atomic mass is 16.5. The highest BCUT2D eigenvalue weighted by molar-refractivity contribution is 6.02. The van der Waals surface area contributed by atoms with Gasteiger partial charge >= 0.3 is 0 Å². The largest absolute Gasteiger partial charge is 0.490 e. The van der Waals surface area contributed by atoms with E-state index in [-0.39, 0.29) is 6.61 Å². The van der Waals surface area contributed by atoms with Crippen LogP contribution in [-0.2, 0) is 0 Å². The van der Waals surface area contributed by atoms with Crippen LogP contribution in [0.4, 0.5) is 0 Å². The van der Waals surface area contributed by atoms with Crippen molar-refractivity contribution in [2.75, 3.05) is 6.61 Å². The molecule has 0 amide bonds. The zero-order valence-electron chi connectivity index (χ0n) is 10.5. The lowest BCUT2D eigenvalue weighted by molar-refractivity contribution is 0.0284. The number of hydrogen-bond donors (Lipinski definition) is 2. The first-order valence-electron chi connectivity index (χ1n) is 5.63. The van der Waals surface area contributed by atoms with Crippen LogP contribution in [0.25, 0.3) is 0 Å². The van der Waals surface area contributed by atoms with E-state index in [1.165, 1.54) is 0 Å². The molecule has 0 aliphatic heterocycles. The van der Waals surface area contributed by atoms with Gasteiger partial charge in [0.05, 0.1) is 11.3 Å². The third kappa shape index (κ3) is 4.07. The van der Waals surface area contributed by atoms with Crippen LogP contribution in [0.15, 0.2) is 29.4 Å². The van der Waals surface area contributed by atoms with Gasteiger partial charge in [0.2, 0.25) is 0 Å². The van der Waals surface area contributed by atoms with Crippen molar-refractivity contribution in [3.63, 3.8) is 0 Å². The zero-order chi connectivity index (χ0) is 12.9. The van der Waals surface area contributed by atoms with Crippen LogP contribution in [0.1, 0.15) is 32.8 Å². The Morgan fingerprint density at radius 2 is 2.00 bits per heavy atom. The molecule has 0 unspecified atom stereocenters. The van der Waals surface area contributed by atoms with Crippen LogP contribution in [-0.4, -0.2) is 28.2 Å². The molecule has 0 fully saturated rings. The van der Waals surface area contributed by atoms with Crippen LogP contribution in [0.3, 0.4) is 0 Å². The van der Waals surface area contributed by atoms with E-state index in [1.807, 2.05) is 25.1 Å². The molecule has 2 N–H and O–H groups in total. The second kappa shape index (κ2) is 5.68. The molecule has 94 valence electrons. The number of rotatable bonds is 5. The van der Waals surface area contributed by atoms with Crippen molar-refractivity contribution in [2.24, 2.45) is 5.16 Å². The van der Waals surface area contributed by atoms with E-state index in [0.29, 0.717) is 17.9 Å². The fourth-order valence-electron chi connectivity index (χ4n) is 1.40. The Balaban J connectivity index is 2.92. The molecule has 4 nitrogen and oxygen atoms in total. The fraction of sp³-hybridized carbons (Fsp3) is 0.462. The van der Waals surface area contributed by atoms with E-state index in [4.69, 9.17) is 9.94 Å². The minimum Gasteiger partial charge on any atom is -0.490 e. The first kappa shape index (κ1) is 13.5. The smallest absolute Gasteiger partial charge is 0.128 e. The van der Waals surface area contributed by atoms with Gasteiger partial charge in [-0.05, 0) is 32.4 Å².